The van der Waals surface area contributed by atoms with Gasteiger partial charge in [-0.1, -0.05) is 0 Å². The normalized spacial score (nSPS) is 11.5. The Morgan fingerprint density at radius 2 is 2.04 bits per heavy atom. The highest BCUT2D eigenvalue weighted by Gasteiger charge is 2.03. The van der Waals surface area contributed by atoms with Gasteiger partial charge in [0.1, 0.15) is 12.1 Å². The Labute approximate surface area is 140 Å². The first-order chi connectivity index (χ1) is 11.8. The number of pyridine rings is 1. The smallest absolute Gasteiger partial charge is 0.191 e. The second kappa shape index (κ2) is 7.40. The molecule has 0 saturated heterocycles. The lowest BCUT2D eigenvalue weighted by molar-refractivity contribution is 0.684. The summed E-state index contributed by atoms with van der Waals surface area (Å²) in [5, 5.41) is 10.7. The highest BCUT2D eigenvalue weighted by molar-refractivity contribution is 5.79. The molecule has 0 aromatic carbocycles. The zero-order valence-electron chi connectivity index (χ0n) is 13.7. The fourth-order valence-electron chi connectivity index (χ4n) is 2.26. The lowest BCUT2D eigenvalue weighted by Crippen LogP contribution is -2.36. The highest BCUT2D eigenvalue weighted by atomic mass is 15.3. The van der Waals surface area contributed by atoms with Crippen molar-refractivity contribution in [2.24, 2.45) is 12.0 Å². The number of guanidine groups is 1. The Morgan fingerprint density at radius 1 is 1.17 bits per heavy atom. The number of imidazole rings is 1. The molecule has 0 atom stereocenters. The van der Waals surface area contributed by atoms with Gasteiger partial charge in [-0.15, -0.1) is 0 Å². The lowest BCUT2D eigenvalue weighted by Gasteiger charge is -2.12. The molecule has 0 spiro atoms. The molecule has 0 unspecified atom stereocenters. The maximum Gasteiger partial charge on any atom is 0.191 e. The fraction of sp³-hybridized carbons (Fsp3) is 0.250. The average Bonchev–Trinajstić information content (AvgIpc) is 3.27. The molecule has 3 aromatic heterocycles. The van der Waals surface area contributed by atoms with E-state index in [4.69, 9.17) is 0 Å². The van der Waals surface area contributed by atoms with Crippen molar-refractivity contribution in [3.63, 3.8) is 0 Å². The SMILES string of the molecule is CN=C(NCc1ccnc(-n2ccnc2)c1)NCc1ccnn1C. The second-order valence-electron chi connectivity index (χ2n) is 5.22. The summed E-state index contributed by atoms with van der Waals surface area (Å²) in [6, 6.07) is 5.96. The molecule has 0 aliphatic heterocycles. The van der Waals surface area contributed by atoms with E-state index in [1.807, 2.05) is 40.7 Å². The van der Waals surface area contributed by atoms with Crippen molar-refractivity contribution in [3.05, 3.63) is 60.6 Å². The van der Waals surface area contributed by atoms with Crippen molar-refractivity contribution >= 4 is 5.96 Å². The molecular weight excluding hydrogens is 304 g/mol. The molecule has 0 aliphatic rings. The topological polar surface area (TPSA) is 84.9 Å². The van der Waals surface area contributed by atoms with Gasteiger partial charge in [-0.3, -0.25) is 14.2 Å². The number of rotatable bonds is 5. The van der Waals surface area contributed by atoms with Crippen LogP contribution in [0.2, 0.25) is 0 Å². The summed E-state index contributed by atoms with van der Waals surface area (Å²) in [5.41, 5.74) is 2.20. The van der Waals surface area contributed by atoms with Crippen molar-refractivity contribution in [1.29, 1.82) is 0 Å². The Hall–Kier alpha value is -3.16. The van der Waals surface area contributed by atoms with Crippen molar-refractivity contribution in [1.82, 2.24) is 34.9 Å². The molecule has 0 amide bonds. The molecule has 2 N–H and O–H groups in total. The lowest BCUT2D eigenvalue weighted by atomic mass is 10.2. The van der Waals surface area contributed by atoms with Crippen LogP contribution in [0, 0.1) is 0 Å². The quantitative estimate of drug-likeness (QED) is 0.537. The van der Waals surface area contributed by atoms with Crippen LogP contribution in [-0.2, 0) is 20.1 Å². The molecule has 0 radical (unpaired) electrons. The fourth-order valence-corrected chi connectivity index (χ4v) is 2.26. The summed E-state index contributed by atoms with van der Waals surface area (Å²) in [5.74, 6) is 1.57. The van der Waals surface area contributed by atoms with Gasteiger partial charge < -0.3 is 10.6 Å². The van der Waals surface area contributed by atoms with E-state index in [1.165, 1.54) is 0 Å². The van der Waals surface area contributed by atoms with Crippen LogP contribution < -0.4 is 10.6 Å². The Kier molecular flexibility index (Phi) is 4.85. The van der Waals surface area contributed by atoms with E-state index in [0.29, 0.717) is 13.1 Å². The van der Waals surface area contributed by atoms with Crippen molar-refractivity contribution in [2.45, 2.75) is 13.1 Å². The van der Waals surface area contributed by atoms with Crippen LogP contribution in [0.3, 0.4) is 0 Å². The van der Waals surface area contributed by atoms with Gasteiger partial charge in [0.05, 0.1) is 12.2 Å². The minimum atomic E-state index is 0.648. The third-order valence-corrected chi connectivity index (χ3v) is 3.62. The van der Waals surface area contributed by atoms with Crippen LogP contribution in [0.15, 0.2) is 54.3 Å². The second-order valence-corrected chi connectivity index (χ2v) is 5.22. The molecule has 3 aromatic rings. The first-order valence-electron chi connectivity index (χ1n) is 7.61. The Morgan fingerprint density at radius 3 is 2.75 bits per heavy atom. The standard InChI is InChI=1S/C16H20N8/c1-17-16(21-11-14-4-6-22-23(14)2)20-10-13-3-5-19-15(9-13)24-8-7-18-12-24/h3-9,12H,10-11H2,1-2H3,(H2,17,20,21). The third-order valence-electron chi connectivity index (χ3n) is 3.62. The molecule has 0 saturated carbocycles. The Balaban J connectivity index is 1.58. The van der Waals surface area contributed by atoms with Gasteiger partial charge in [0.15, 0.2) is 5.96 Å². The zero-order chi connectivity index (χ0) is 16.8. The van der Waals surface area contributed by atoms with E-state index >= 15 is 0 Å². The predicted molar refractivity (Wildman–Crippen MR) is 91.6 cm³/mol. The van der Waals surface area contributed by atoms with E-state index in [-0.39, 0.29) is 0 Å². The van der Waals surface area contributed by atoms with Gasteiger partial charge in [-0.25, -0.2) is 9.97 Å². The molecule has 8 heteroatoms. The van der Waals surface area contributed by atoms with Gasteiger partial charge in [0, 0.05) is 45.4 Å². The molecular formula is C16H20N8. The van der Waals surface area contributed by atoms with E-state index < -0.39 is 0 Å². The average molecular weight is 324 g/mol. The number of hydrogen-bond donors (Lipinski definition) is 2. The highest BCUT2D eigenvalue weighted by Crippen LogP contribution is 2.06. The first-order valence-corrected chi connectivity index (χ1v) is 7.61. The van der Waals surface area contributed by atoms with E-state index in [9.17, 15) is 0 Å². The summed E-state index contributed by atoms with van der Waals surface area (Å²) in [6.45, 7) is 1.31. The third kappa shape index (κ3) is 3.78. The van der Waals surface area contributed by atoms with Gasteiger partial charge in [-0.2, -0.15) is 5.10 Å². The molecule has 0 fully saturated rings. The van der Waals surface area contributed by atoms with Crippen LogP contribution in [0.5, 0.6) is 0 Å². The number of nitrogens with one attached hydrogen (secondary N) is 2. The number of aryl methyl sites for hydroxylation is 1. The molecule has 3 rings (SSSR count). The minimum absolute atomic E-state index is 0.648. The summed E-state index contributed by atoms with van der Waals surface area (Å²) in [6.07, 6.45) is 8.90. The first kappa shape index (κ1) is 15.7. The van der Waals surface area contributed by atoms with E-state index in [2.05, 4.69) is 30.7 Å². The van der Waals surface area contributed by atoms with Crippen LogP contribution >= 0.6 is 0 Å². The molecule has 8 nitrogen and oxygen atoms in total. The molecule has 24 heavy (non-hydrogen) atoms. The summed E-state index contributed by atoms with van der Waals surface area (Å²) in [7, 11) is 3.67. The molecule has 3 heterocycles. The summed E-state index contributed by atoms with van der Waals surface area (Å²) >= 11 is 0. The van der Waals surface area contributed by atoms with Crippen LogP contribution in [0.25, 0.3) is 5.82 Å². The van der Waals surface area contributed by atoms with Crippen molar-refractivity contribution in [3.8, 4) is 5.82 Å². The minimum Gasteiger partial charge on any atom is -0.352 e. The van der Waals surface area contributed by atoms with Gasteiger partial charge in [0.2, 0.25) is 0 Å². The van der Waals surface area contributed by atoms with Crippen LogP contribution in [0.1, 0.15) is 11.3 Å². The van der Waals surface area contributed by atoms with Gasteiger partial charge in [0.25, 0.3) is 0 Å². The monoisotopic (exact) mass is 324 g/mol. The van der Waals surface area contributed by atoms with E-state index in [0.717, 1.165) is 23.0 Å². The molecule has 124 valence electrons. The molecule has 0 bridgehead atoms. The van der Waals surface area contributed by atoms with Gasteiger partial charge in [-0.05, 0) is 23.8 Å². The Bertz CT molecular complexity index is 803. The maximum absolute atomic E-state index is 4.35. The largest absolute Gasteiger partial charge is 0.352 e. The van der Waals surface area contributed by atoms with Crippen molar-refractivity contribution in [2.75, 3.05) is 7.05 Å². The number of hydrogen-bond acceptors (Lipinski definition) is 4. The van der Waals surface area contributed by atoms with Crippen LogP contribution in [-0.4, -0.2) is 37.3 Å². The summed E-state index contributed by atoms with van der Waals surface area (Å²) in [4.78, 5) is 12.6. The zero-order valence-corrected chi connectivity index (χ0v) is 13.7. The predicted octanol–water partition coefficient (Wildman–Crippen LogP) is 0.866. The maximum atomic E-state index is 4.35. The van der Waals surface area contributed by atoms with Crippen molar-refractivity contribution < 1.29 is 0 Å². The number of nitrogens with zero attached hydrogens (tertiary/aromatic N) is 6. The summed E-state index contributed by atoms with van der Waals surface area (Å²) < 4.78 is 3.71. The number of aromatic nitrogens is 5. The number of aliphatic imine (C=N–C) groups is 1. The van der Waals surface area contributed by atoms with Gasteiger partial charge >= 0.3 is 0 Å². The molecule has 0 aliphatic carbocycles. The van der Waals surface area contributed by atoms with E-state index in [1.54, 1.807) is 32.0 Å². The van der Waals surface area contributed by atoms with Crippen LogP contribution in [0.4, 0.5) is 0 Å².